The summed E-state index contributed by atoms with van der Waals surface area (Å²) in [5.41, 5.74) is 1.31. The molecule has 1 aromatic carbocycles. The Bertz CT molecular complexity index is 651. The van der Waals surface area contributed by atoms with Crippen LogP contribution in [0.1, 0.15) is 44.2 Å². The SMILES string of the molecule is CCOC1CCN(C(=NC)NCC2CCCN(C)C2c2cccc(Cl)c2)CC1.I. The van der Waals surface area contributed by atoms with Crippen LogP contribution in [0.15, 0.2) is 29.3 Å². The van der Waals surface area contributed by atoms with Gasteiger partial charge in [-0.05, 0) is 69.8 Å². The van der Waals surface area contributed by atoms with Crippen LogP contribution in [0.3, 0.4) is 0 Å². The maximum atomic E-state index is 6.28. The molecule has 5 nitrogen and oxygen atoms in total. The van der Waals surface area contributed by atoms with Crippen LogP contribution in [-0.2, 0) is 4.74 Å². The molecule has 0 spiro atoms. The van der Waals surface area contributed by atoms with Crippen molar-refractivity contribution in [2.24, 2.45) is 10.9 Å². The summed E-state index contributed by atoms with van der Waals surface area (Å²) in [6.07, 6.45) is 5.01. The molecular weight excluding hydrogens is 499 g/mol. The molecule has 2 fully saturated rings. The molecule has 7 heteroatoms. The largest absolute Gasteiger partial charge is 0.378 e. The first-order valence-electron chi connectivity index (χ1n) is 10.6. The zero-order valence-corrected chi connectivity index (χ0v) is 21.0. The summed E-state index contributed by atoms with van der Waals surface area (Å²) in [7, 11) is 4.11. The molecule has 2 aliphatic rings. The predicted molar refractivity (Wildman–Crippen MR) is 133 cm³/mol. The van der Waals surface area contributed by atoms with Crippen molar-refractivity contribution < 1.29 is 4.74 Å². The van der Waals surface area contributed by atoms with Gasteiger partial charge in [0.25, 0.3) is 0 Å². The van der Waals surface area contributed by atoms with E-state index in [-0.39, 0.29) is 24.0 Å². The second-order valence-corrected chi connectivity index (χ2v) is 8.39. The predicted octanol–water partition coefficient (Wildman–Crippen LogP) is 4.42. The van der Waals surface area contributed by atoms with Crippen molar-refractivity contribution in [2.45, 2.75) is 44.8 Å². The van der Waals surface area contributed by atoms with Crippen LogP contribution in [0.25, 0.3) is 0 Å². The third-order valence-corrected chi connectivity index (χ3v) is 6.31. The first-order valence-corrected chi connectivity index (χ1v) is 11.0. The average Bonchev–Trinajstić information content (AvgIpc) is 2.70. The Balaban J connectivity index is 0.00000300. The summed E-state index contributed by atoms with van der Waals surface area (Å²) in [6.45, 7) is 6.95. The molecule has 0 saturated carbocycles. The number of likely N-dealkylation sites (tertiary alicyclic amines) is 2. The molecule has 2 aliphatic heterocycles. The highest BCUT2D eigenvalue weighted by Crippen LogP contribution is 2.35. The molecule has 2 heterocycles. The highest BCUT2D eigenvalue weighted by atomic mass is 127. The van der Waals surface area contributed by atoms with Crippen molar-refractivity contribution in [2.75, 3.05) is 46.9 Å². The lowest BCUT2D eigenvalue weighted by Gasteiger charge is -2.41. The van der Waals surface area contributed by atoms with Crippen molar-refractivity contribution in [1.82, 2.24) is 15.1 Å². The molecule has 0 radical (unpaired) electrons. The van der Waals surface area contributed by atoms with Crippen molar-refractivity contribution in [3.63, 3.8) is 0 Å². The third kappa shape index (κ3) is 6.71. The van der Waals surface area contributed by atoms with Crippen LogP contribution in [0.2, 0.25) is 5.02 Å². The number of rotatable bonds is 5. The summed E-state index contributed by atoms with van der Waals surface area (Å²) < 4.78 is 5.78. The van der Waals surface area contributed by atoms with Crippen molar-refractivity contribution in [1.29, 1.82) is 0 Å². The van der Waals surface area contributed by atoms with E-state index in [0.29, 0.717) is 18.1 Å². The molecule has 164 valence electrons. The number of hydrogen-bond donors (Lipinski definition) is 1. The molecule has 29 heavy (non-hydrogen) atoms. The average molecular weight is 535 g/mol. The second-order valence-electron chi connectivity index (χ2n) is 7.95. The summed E-state index contributed by atoms with van der Waals surface area (Å²) in [6, 6.07) is 8.73. The fourth-order valence-corrected chi connectivity index (χ4v) is 4.91. The van der Waals surface area contributed by atoms with Gasteiger partial charge in [0.1, 0.15) is 0 Å². The topological polar surface area (TPSA) is 40.1 Å². The smallest absolute Gasteiger partial charge is 0.193 e. The van der Waals surface area contributed by atoms with Gasteiger partial charge >= 0.3 is 0 Å². The van der Waals surface area contributed by atoms with E-state index in [0.717, 1.165) is 56.6 Å². The number of ether oxygens (including phenoxy) is 1. The molecule has 1 aromatic rings. The minimum absolute atomic E-state index is 0. The van der Waals surface area contributed by atoms with Crippen LogP contribution in [0, 0.1) is 5.92 Å². The minimum Gasteiger partial charge on any atom is -0.378 e. The quantitative estimate of drug-likeness (QED) is 0.345. The summed E-state index contributed by atoms with van der Waals surface area (Å²) in [5, 5.41) is 4.48. The number of guanidine groups is 1. The number of aliphatic imine (C=N–C) groups is 1. The van der Waals surface area contributed by atoms with Gasteiger partial charge in [0.05, 0.1) is 6.10 Å². The van der Waals surface area contributed by atoms with Gasteiger partial charge in [0.15, 0.2) is 5.96 Å². The maximum Gasteiger partial charge on any atom is 0.193 e. The number of halogens is 2. The number of hydrogen-bond acceptors (Lipinski definition) is 3. The molecule has 3 rings (SSSR count). The molecule has 2 unspecified atom stereocenters. The van der Waals surface area contributed by atoms with E-state index in [1.165, 1.54) is 18.4 Å². The summed E-state index contributed by atoms with van der Waals surface area (Å²) in [5.74, 6) is 1.56. The molecule has 1 N–H and O–H groups in total. The number of piperidine rings is 2. The molecule has 0 aliphatic carbocycles. The Labute approximate surface area is 198 Å². The normalized spacial score (nSPS) is 24.3. The molecular formula is C22H36ClIN4O. The van der Waals surface area contributed by atoms with E-state index in [1.54, 1.807) is 0 Å². The second kappa shape index (κ2) is 12.3. The lowest BCUT2D eigenvalue weighted by Crippen LogP contribution is -2.49. The van der Waals surface area contributed by atoms with E-state index in [2.05, 4.69) is 52.3 Å². The van der Waals surface area contributed by atoms with E-state index in [4.69, 9.17) is 16.3 Å². The summed E-state index contributed by atoms with van der Waals surface area (Å²) in [4.78, 5) is 9.40. The first-order chi connectivity index (χ1) is 13.6. The van der Waals surface area contributed by atoms with Crippen LogP contribution < -0.4 is 5.32 Å². The van der Waals surface area contributed by atoms with Gasteiger partial charge in [-0.1, -0.05) is 23.7 Å². The Morgan fingerprint density at radius 3 is 2.66 bits per heavy atom. The Morgan fingerprint density at radius 2 is 2.00 bits per heavy atom. The van der Waals surface area contributed by atoms with E-state index in [1.807, 2.05) is 13.1 Å². The highest BCUT2D eigenvalue weighted by Gasteiger charge is 2.31. The fourth-order valence-electron chi connectivity index (χ4n) is 4.72. The Hall–Kier alpha value is -0.570. The van der Waals surface area contributed by atoms with Gasteiger partial charge in [-0.25, -0.2) is 0 Å². The van der Waals surface area contributed by atoms with Crippen molar-refractivity contribution in [3.8, 4) is 0 Å². The van der Waals surface area contributed by atoms with Crippen LogP contribution in [0.5, 0.6) is 0 Å². The first kappa shape index (κ1) is 24.7. The zero-order chi connectivity index (χ0) is 19.9. The lowest BCUT2D eigenvalue weighted by molar-refractivity contribution is 0.0262. The van der Waals surface area contributed by atoms with Gasteiger partial charge < -0.3 is 15.0 Å². The van der Waals surface area contributed by atoms with Gasteiger partial charge in [0.2, 0.25) is 0 Å². The van der Waals surface area contributed by atoms with Crippen LogP contribution in [0.4, 0.5) is 0 Å². The van der Waals surface area contributed by atoms with Gasteiger partial charge in [-0.15, -0.1) is 24.0 Å². The number of benzene rings is 1. The maximum absolute atomic E-state index is 6.28. The number of nitrogens with zero attached hydrogens (tertiary/aromatic N) is 3. The van der Waals surface area contributed by atoms with Crippen LogP contribution in [-0.4, -0.2) is 68.7 Å². The Morgan fingerprint density at radius 1 is 1.24 bits per heavy atom. The lowest BCUT2D eigenvalue weighted by atomic mass is 9.85. The third-order valence-electron chi connectivity index (χ3n) is 6.08. The summed E-state index contributed by atoms with van der Waals surface area (Å²) >= 11 is 6.28. The number of nitrogens with one attached hydrogen (secondary N) is 1. The van der Waals surface area contributed by atoms with Crippen molar-refractivity contribution >= 4 is 41.5 Å². The van der Waals surface area contributed by atoms with Gasteiger partial charge in [-0.3, -0.25) is 9.89 Å². The fraction of sp³-hybridized carbons (Fsp3) is 0.682. The monoisotopic (exact) mass is 534 g/mol. The molecule has 0 amide bonds. The standard InChI is InChI=1S/C22H35ClN4O.HI/c1-4-28-20-10-13-27(14-11-20)22(24-2)25-16-18-8-6-12-26(3)21(18)17-7-5-9-19(23)15-17;/h5,7,9,15,18,20-21H,4,6,8,10-14,16H2,1-3H3,(H,24,25);1H. The minimum atomic E-state index is 0. The van der Waals surface area contributed by atoms with Gasteiger partial charge in [0, 0.05) is 44.4 Å². The van der Waals surface area contributed by atoms with Crippen LogP contribution >= 0.6 is 35.6 Å². The zero-order valence-electron chi connectivity index (χ0n) is 17.9. The highest BCUT2D eigenvalue weighted by molar-refractivity contribution is 14.0. The molecule has 2 saturated heterocycles. The Kier molecular flexibility index (Phi) is 10.5. The van der Waals surface area contributed by atoms with Crippen molar-refractivity contribution in [3.05, 3.63) is 34.9 Å². The molecule has 0 bridgehead atoms. The van der Waals surface area contributed by atoms with E-state index in [9.17, 15) is 0 Å². The van der Waals surface area contributed by atoms with Gasteiger partial charge in [-0.2, -0.15) is 0 Å². The molecule has 2 atom stereocenters. The van der Waals surface area contributed by atoms with E-state index < -0.39 is 0 Å². The molecule has 0 aromatic heterocycles. The van der Waals surface area contributed by atoms with E-state index >= 15 is 0 Å².